The van der Waals surface area contributed by atoms with Gasteiger partial charge in [0.15, 0.2) is 17.9 Å². The van der Waals surface area contributed by atoms with Crippen molar-refractivity contribution in [3.05, 3.63) is 45.8 Å². The topological polar surface area (TPSA) is 135 Å². The van der Waals surface area contributed by atoms with E-state index in [-0.39, 0.29) is 24.5 Å². The fourth-order valence-corrected chi connectivity index (χ4v) is 7.26. The second-order valence-electron chi connectivity index (χ2n) is 10.3. The summed E-state index contributed by atoms with van der Waals surface area (Å²) >= 11 is 6.60. The second kappa shape index (κ2) is 9.47. The van der Waals surface area contributed by atoms with Gasteiger partial charge in [-0.2, -0.15) is 4.98 Å². The van der Waals surface area contributed by atoms with Crippen molar-refractivity contribution in [3.63, 3.8) is 0 Å². The molecule has 3 aliphatic rings. The Hall–Kier alpha value is -2.75. The molecule has 2 saturated heterocycles. The van der Waals surface area contributed by atoms with E-state index in [1.165, 1.54) is 5.56 Å². The first-order valence-electron chi connectivity index (χ1n) is 12.6. The number of aliphatic hydroxyl groups is 1. The summed E-state index contributed by atoms with van der Waals surface area (Å²) < 4.78 is 37.2. The van der Waals surface area contributed by atoms with Gasteiger partial charge >= 0.3 is 5.72 Å². The molecule has 0 amide bonds. The Morgan fingerprint density at radius 3 is 2.66 bits per heavy atom. The Kier molecular flexibility index (Phi) is 6.36. The van der Waals surface area contributed by atoms with E-state index in [0.29, 0.717) is 27.8 Å². The van der Waals surface area contributed by atoms with Crippen LogP contribution in [0.25, 0.3) is 27.3 Å². The van der Waals surface area contributed by atoms with Crippen LogP contribution in [0.15, 0.2) is 30.3 Å². The van der Waals surface area contributed by atoms with E-state index in [2.05, 4.69) is 31.9 Å². The first-order valence-corrected chi connectivity index (χ1v) is 15.0. The molecule has 1 saturated carbocycles. The standard InChI is InChI=1S/C26H29ClN5O5S/c1-29-26-21(33)13-35-23(26)20(12-36-26)37-25-30-19-11-18(27)22(31-24(19)32-25)16-5-3-14(4-6-16)15-7-9-17(10-8-15)38(2,28)34/h1,3-6,11,15,17,20-21,23,28,33H,7-10,12-13H2,2H3,(H,30,31,32)/q+1/t15?,17?,20-,21-,23-,26-,38?/m1/s1. The Morgan fingerprint density at radius 2 is 1.97 bits per heavy atom. The predicted molar refractivity (Wildman–Crippen MR) is 143 cm³/mol. The average Bonchev–Trinajstić information content (AvgIpc) is 3.56. The number of ether oxygens (including phenoxy) is 3. The van der Waals surface area contributed by atoms with Gasteiger partial charge in [-0.25, -0.2) is 9.19 Å². The van der Waals surface area contributed by atoms with Crippen molar-refractivity contribution in [2.24, 2.45) is 0 Å². The third-order valence-corrected chi connectivity index (χ3v) is 10.0. The summed E-state index contributed by atoms with van der Waals surface area (Å²) in [5, 5.41) is 10.7. The number of halogens is 1. The summed E-state index contributed by atoms with van der Waals surface area (Å²) in [6, 6.07) is 10.2. The van der Waals surface area contributed by atoms with Gasteiger partial charge in [0.2, 0.25) is 6.10 Å². The van der Waals surface area contributed by atoms with Crippen LogP contribution in [0.5, 0.6) is 6.01 Å². The average molecular weight is 559 g/mol. The van der Waals surface area contributed by atoms with E-state index in [9.17, 15) is 9.32 Å². The number of nitrogens with zero attached hydrogens (tertiary/aromatic N) is 3. The first kappa shape index (κ1) is 25.5. The molecule has 38 heavy (non-hydrogen) atoms. The maximum absolute atomic E-state index is 12.1. The minimum Gasteiger partial charge on any atom is -0.456 e. The summed E-state index contributed by atoms with van der Waals surface area (Å²) in [4.78, 5) is 16.0. The maximum Gasteiger partial charge on any atom is 0.442 e. The highest BCUT2D eigenvalue weighted by molar-refractivity contribution is 7.92. The highest BCUT2D eigenvalue weighted by atomic mass is 35.5. The van der Waals surface area contributed by atoms with Gasteiger partial charge in [0.1, 0.15) is 0 Å². The SMILES string of the molecule is C#[N+][C@]12OC[C@@H](Oc3nc4nc(-c5ccc(C6CCC(S(C)(=N)=O)CC6)cc5)c(Cl)cc4[nH]3)[C@H]1OC[C@H]2O. The molecule has 10 nitrogen and oxygen atoms in total. The van der Waals surface area contributed by atoms with Crippen LogP contribution >= 0.6 is 11.6 Å². The maximum atomic E-state index is 12.1. The van der Waals surface area contributed by atoms with Gasteiger partial charge in [0.05, 0.1) is 29.4 Å². The number of imidazole rings is 1. The van der Waals surface area contributed by atoms with Crippen molar-refractivity contribution in [3.8, 4) is 23.8 Å². The van der Waals surface area contributed by atoms with Crippen molar-refractivity contribution in [2.75, 3.05) is 19.5 Å². The van der Waals surface area contributed by atoms with Crippen LogP contribution in [-0.4, -0.2) is 73.0 Å². The summed E-state index contributed by atoms with van der Waals surface area (Å²) in [5.41, 5.74) is 2.43. The van der Waals surface area contributed by atoms with E-state index < -0.39 is 33.8 Å². The van der Waals surface area contributed by atoms with E-state index >= 15 is 0 Å². The molecule has 6 rings (SSSR count). The molecule has 0 bridgehead atoms. The lowest BCUT2D eigenvalue weighted by Gasteiger charge is -2.28. The van der Waals surface area contributed by atoms with Crippen molar-refractivity contribution in [1.82, 2.24) is 15.0 Å². The number of H-pyrrole nitrogens is 1. The summed E-state index contributed by atoms with van der Waals surface area (Å²) in [6.45, 7) is 5.70. The number of fused-ring (bicyclic) bond motifs is 2. The lowest BCUT2D eigenvalue weighted by molar-refractivity contribution is -0.0417. The lowest BCUT2D eigenvalue weighted by atomic mass is 9.83. The largest absolute Gasteiger partial charge is 0.456 e. The van der Waals surface area contributed by atoms with Gasteiger partial charge in [0.25, 0.3) is 12.6 Å². The first-order chi connectivity index (χ1) is 18.2. The number of pyridine rings is 1. The van der Waals surface area contributed by atoms with Crippen LogP contribution in [-0.2, 0) is 19.2 Å². The molecule has 3 fully saturated rings. The third-order valence-electron chi connectivity index (χ3n) is 7.97. The summed E-state index contributed by atoms with van der Waals surface area (Å²) in [5.74, 6) is 0.398. The molecule has 200 valence electrons. The van der Waals surface area contributed by atoms with Crippen molar-refractivity contribution >= 4 is 32.5 Å². The van der Waals surface area contributed by atoms with Crippen LogP contribution in [0, 0.1) is 11.4 Å². The molecule has 1 aliphatic carbocycles. The van der Waals surface area contributed by atoms with Crippen LogP contribution < -0.4 is 4.74 Å². The summed E-state index contributed by atoms with van der Waals surface area (Å²) in [7, 11) is -2.48. The fraction of sp³-hybridized carbons (Fsp3) is 0.500. The fourth-order valence-electron chi connectivity index (χ4n) is 5.83. The Labute approximate surface area is 225 Å². The number of aromatic amines is 1. The molecule has 0 spiro atoms. The highest BCUT2D eigenvalue weighted by Gasteiger charge is 2.70. The molecule has 12 heteroatoms. The number of aliphatic hydroxyl groups excluding tert-OH is 1. The highest BCUT2D eigenvalue weighted by Crippen LogP contribution is 2.41. The van der Waals surface area contributed by atoms with Gasteiger partial charge in [-0.3, -0.25) is 9.52 Å². The van der Waals surface area contributed by atoms with Gasteiger partial charge < -0.3 is 19.6 Å². The van der Waals surface area contributed by atoms with Crippen LogP contribution in [0.3, 0.4) is 0 Å². The molecule has 0 radical (unpaired) electrons. The molecule has 2 aliphatic heterocycles. The molecule has 1 unspecified atom stereocenters. The molecule has 3 aromatic rings. The molecule has 5 atom stereocenters. The third kappa shape index (κ3) is 4.34. The van der Waals surface area contributed by atoms with Gasteiger partial charge in [-0.1, -0.05) is 35.9 Å². The molecule has 1 aromatic carbocycles. The summed E-state index contributed by atoms with van der Waals surface area (Å²) in [6.07, 6.45) is 2.87. The Bertz CT molecular complexity index is 1510. The lowest BCUT2D eigenvalue weighted by Crippen LogP contribution is -2.45. The zero-order chi connectivity index (χ0) is 26.7. The smallest absolute Gasteiger partial charge is 0.442 e. The number of rotatable bonds is 5. The van der Waals surface area contributed by atoms with E-state index in [1.807, 2.05) is 12.1 Å². The molecule has 2 aromatic heterocycles. The zero-order valence-corrected chi connectivity index (χ0v) is 22.4. The molecule has 3 N–H and O–H groups in total. The predicted octanol–water partition coefficient (Wildman–Crippen LogP) is 4.18. The molecular formula is C26H29ClN5O5S+. The minimum atomic E-state index is -2.48. The monoisotopic (exact) mass is 558 g/mol. The van der Waals surface area contributed by atoms with Crippen molar-refractivity contribution in [2.45, 2.75) is 60.9 Å². The quantitative estimate of drug-likeness (QED) is 0.427. The van der Waals surface area contributed by atoms with Crippen molar-refractivity contribution < 1.29 is 23.5 Å². The van der Waals surface area contributed by atoms with E-state index in [4.69, 9.17) is 37.2 Å². The number of hydrogen-bond donors (Lipinski definition) is 3. The van der Waals surface area contributed by atoms with Crippen molar-refractivity contribution in [1.29, 1.82) is 4.78 Å². The van der Waals surface area contributed by atoms with Crippen LogP contribution in [0.2, 0.25) is 5.02 Å². The number of aromatic nitrogens is 3. The molecule has 4 heterocycles. The van der Waals surface area contributed by atoms with E-state index in [0.717, 1.165) is 31.2 Å². The van der Waals surface area contributed by atoms with Gasteiger partial charge in [-0.05, 0) is 48.1 Å². The van der Waals surface area contributed by atoms with E-state index in [1.54, 1.807) is 12.3 Å². The zero-order valence-electron chi connectivity index (χ0n) is 20.8. The Morgan fingerprint density at radius 1 is 1.24 bits per heavy atom. The number of benzene rings is 1. The number of nitrogens with one attached hydrogen (secondary N) is 2. The van der Waals surface area contributed by atoms with Crippen LogP contribution in [0.4, 0.5) is 0 Å². The van der Waals surface area contributed by atoms with Gasteiger partial charge in [-0.15, -0.1) is 0 Å². The van der Waals surface area contributed by atoms with Gasteiger partial charge in [0, 0.05) is 26.8 Å². The Balaban J connectivity index is 1.18. The minimum absolute atomic E-state index is 0.00726. The number of hydrogen-bond acceptors (Lipinski definition) is 8. The normalized spacial score (nSPS) is 32.5. The second-order valence-corrected chi connectivity index (χ2v) is 13.2. The van der Waals surface area contributed by atoms with Crippen LogP contribution in [0.1, 0.15) is 37.2 Å². The molecular weight excluding hydrogens is 530 g/mol.